The number of aromatic hydroxyl groups is 1. The SMILES string of the molecule is Cc1c(CC(=O)NCCc2c[nH]c3ccc(F)cc23)c(=O)oc2cc(O)c(Cl)cc12. The van der Waals surface area contributed by atoms with Gasteiger partial charge in [-0.3, -0.25) is 4.79 Å². The number of benzene rings is 2. The van der Waals surface area contributed by atoms with E-state index in [4.69, 9.17) is 16.0 Å². The van der Waals surface area contributed by atoms with Crippen LogP contribution in [-0.4, -0.2) is 22.5 Å². The average Bonchev–Trinajstić information content (AvgIpc) is 3.09. The summed E-state index contributed by atoms with van der Waals surface area (Å²) < 4.78 is 18.7. The van der Waals surface area contributed by atoms with E-state index in [2.05, 4.69) is 10.3 Å². The molecule has 0 fully saturated rings. The molecule has 4 rings (SSSR count). The lowest BCUT2D eigenvalue weighted by Crippen LogP contribution is -2.29. The number of aromatic nitrogens is 1. The molecule has 1 amide bonds. The fraction of sp³-hybridized carbons (Fsp3) is 0.182. The summed E-state index contributed by atoms with van der Waals surface area (Å²) in [7, 11) is 0. The van der Waals surface area contributed by atoms with E-state index in [9.17, 15) is 19.1 Å². The summed E-state index contributed by atoms with van der Waals surface area (Å²) in [6.45, 7) is 2.04. The molecule has 2 aromatic carbocycles. The van der Waals surface area contributed by atoms with E-state index in [1.54, 1.807) is 19.2 Å². The van der Waals surface area contributed by atoms with Crippen LogP contribution in [0, 0.1) is 12.7 Å². The molecule has 6 nitrogen and oxygen atoms in total. The molecule has 0 aliphatic heterocycles. The first kappa shape index (κ1) is 20.0. The van der Waals surface area contributed by atoms with Crippen molar-refractivity contribution in [3.63, 3.8) is 0 Å². The van der Waals surface area contributed by atoms with Crippen LogP contribution in [0.1, 0.15) is 16.7 Å². The summed E-state index contributed by atoms with van der Waals surface area (Å²) >= 11 is 5.95. The molecule has 0 atom stereocenters. The zero-order valence-corrected chi connectivity index (χ0v) is 16.8. The molecule has 0 saturated heterocycles. The lowest BCUT2D eigenvalue weighted by molar-refractivity contribution is -0.120. The Hall–Kier alpha value is -3.32. The van der Waals surface area contributed by atoms with E-state index in [-0.39, 0.29) is 40.1 Å². The van der Waals surface area contributed by atoms with Crippen LogP contribution in [0.5, 0.6) is 5.75 Å². The molecule has 2 aromatic heterocycles. The van der Waals surface area contributed by atoms with Gasteiger partial charge in [-0.1, -0.05) is 11.6 Å². The van der Waals surface area contributed by atoms with Crippen LogP contribution in [0.25, 0.3) is 21.9 Å². The number of aryl methyl sites for hydroxylation is 1. The highest BCUT2D eigenvalue weighted by atomic mass is 35.5. The van der Waals surface area contributed by atoms with E-state index in [0.717, 1.165) is 16.5 Å². The molecule has 3 N–H and O–H groups in total. The number of phenols is 1. The monoisotopic (exact) mass is 428 g/mol. The minimum atomic E-state index is -0.635. The quantitative estimate of drug-likeness (QED) is 0.419. The Morgan fingerprint density at radius 1 is 1.27 bits per heavy atom. The first-order valence-corrected chi connectivity index (χ1v) is 9.68. The third-order valence-electron chi connectivity index (χ3n) is 5.14. The van der Waals surface area contributed by atoms with Crippen LogP contribution in [0.4, 0.5) is 4.39 Å². The van der Waals surface area contributed by atoms with Gasteiger partial charge in [0.1, 0.15) is 17.1 Å². The number of aromatic amines is 1. The van der Waals surface area contributed by atoms with Crippen molar-refractivity contribution in [2.24, 2.45) is 0 Å². The molecule has 0 radical (unpaired) electrons. The van der Waals surface area contributed by atoms with Gasteiger partial charge >= 0.3 is 5.63 Å². The molecule has 0 aliphatic rings. The van der Waals surface area contributed by atoms with E-state index in [1.165, 1.54) is 24.3 Å². The summed E-state index contributed by atoms with van der Waals surface area (Å²) in [5, 5.41) is 13.9. The summed E-state index contributed by atoms with van der Waals surface area (Å²) in [6.07, 6.45) is 2.15. The predicted molar refractivity (Wildman–Crippen MR) is 113 cm³/mol. The Morgan fingerprint density at radius 2 is 2.07 bits per heavy atom. The molecule has 8 heteroatoms. The van der Waals surface area contributed by atoms with Crippen molar-refractivity contribution in [2.75, 3.05) is 6.54 Å². The van der Waals surface area contributed by atoms with Gasteiger partial charge in [-0.2, -0.15) is 0 Å². The maximum atomic E-state index is 13.5. The smallest absolute Gasteiger partial charge is 0.340 e. The Kier molecular flexibility index (Phi) is 5.22. The highest BCUT2D eigenvalue weighted by Crippen LogP contribution is 2.30. The summed E-state index contributed by atoms with van der Waals surface area (Å²) in [5.74, 6) is -0.839. The second kappa shape index (κ2) is 7.84. The van der Waals surface area contributed by atoms with Gasteiger partial charge in [0.25, 0.3) is 0 Å². The topological polar surface area (TPSA) is 95.3 Å². The maximum Gasteiger partial charge on any atom is 0.340 e. The van der Waals surface area contributed by atoms with Crippen molar-refractivity contribution in [3.05, 3.63) is 74.5 Å². The van der Waals surface area contributed by atoms with Crippen molar-refractivity contribution < 1.29 is 18.7 Å². The molecule has 0 aliphatic carbocycles. The third kappa shape index (κ3) is 3.76. The first-order valence-electron chi connectivity index (χ1n) is 9.30. The van der Waals surface area contributed by atoms with Gasteiger partial charge in [0.05, 0.1) is 17.0 Å². The van der Waals surface area contributed by atoms with Crippen molar-refractivity contribution in [2.45, 2.75) is 19.8 Å². The molecule has 2 heterocycles. The van der Waals surface area contributed by atoms with Crippen molar-refractivity contribution in [1.29, 1.82) is 0 Å². The van der Waals surface area contributed by atoms with Crippen LogP contribution in [0.2, 0.25) is 5.02 Å². The number of H-pyrrole nitrogens is 1. The number of nitrogens with one attached hydrogen (secondary N) is 2. The highest BCUT2D eigenvalue weighted by molar-refractivity contribution is 6.32. The number of phenolic OH excluding ortho intramolecular Hbond substituents is 1. The van der Waals surface area contributed by atoms with Gasteiger partial charge in [0, 0.05) is 35.1 Å². The molecular weight excluding hydrogens is 411 g/mol. The van der Waals surface area contributed by atoms with Gasteiger partial charge in [-0.25, -0.2) is 9.18 Å². The number of carbonyl (C=O) groups is 1. The summed E-state index contributed by atoms with van der Waals surface area (Å²) in [5.41, 5.74) is 2.09. The van der Waals surface area contributed by atoms with Gasteiger partial charge in [-0.15, -0.1) is 0 Å². The zero-order valence-electron chi connectivity index (χ0n) is 16.0. The van der Waals surface area contributed by atoms with E-state index in [1.807, 2.05) is 0 Å². The molecular formula is C22H18ClFN2O4. The van der Waals surface area contributed by atoms with Crippen LogP contribution >= 0.6 is 11.6 Å². The van der Waals surface area contributed by atoms with E-state index < -0.39 is 5.63 Å². The fourth-order valence-corrected chi connectivity index (χ4v) is 3.68. The van der Waals surface area contributed by atoms with Crippen LogP contribution in [0.15, 0.2) is 45.7 Å². The van der Waals surface area contributed by atoms with Gasteiger partial charge in [-0.05, 0) is 48.7 Å². The molecule has 154 valence electrons. The van der Waals surface area contributed by atoms with E-state index >= 15 is 0 Å². The van der Waals surface area contributed by atoms with Crippen molar-refractivity contribution >= 4 is 39.4 Å². The number of rotatable bonds is 5. The fourth-order valence-electron chi connectivity index (χ4n) is 3.52. The van der Waals surface area contributed by atoms with Gasteiger partial charge in [0.2, 0.25) is 5.91 Å². The largest absolute Gasteiger partial charge is 0.506 e. The molecule has 30 heavy (non-hydrogen) atoms. The van der Waals surface area contributed by atoms with Crippen LogP contribution in [0.3, 0.4) is 0 Å². The Labute approximate surface area is 175 Å². The lowest BCUT2D eigenvalue weighted by atomic mass is 10.0. The normalized spacial score (nSPS) is 11.3. The number of amides is 1. The second-order valence-electron chi connectivity index (χ2n) is 7.07. The summed E-state index contributed by atoms with van der Waals surface area (Å²) in [6, 6.07) is 7.29. The number of hydrogen-bond acceptors (Lipinski definition) is 4. The number of halogens is 2. The molecule has 0 bridgehead atoms. The maximum absolute atomic E-state index is 13.5. The Bertz CT molecular complexity index is 1340. The van der Waals surface area contributed by atoms with Gasteiger partial charge < -0.3 is 19.8 Å². The van der Waals surface area contributed by atoms with Crippen molar-refractivity contribution in [3.8, 4) is 5.75 Å². The number of fused-ring (bicyclic) bond motifs is 2. The minimum absolute atomic E-state index is 0.130. The standard InChI is InChI=1S/C22H18ClFN2O4/c1-11-14-7-17(23)19(27)9-20(14)30-22(29)15(11)8-21(28)25-5-4-12-10-26-18-3-2-13(24)6-16(12)18/h2-3,6-7,9-10,26-27H,4-5,8H2,1H3,(H,25,28). The molecule has 0 spiro atoms. The first-order chi connectivity index (χ1) is 14.3. The number of carbonyl (C=O) groups excluding carboxylic acids is 1. The van der Waals surface area contributed by atoms with Gasteiger partial charge in [0.15, 0.2) is 0 Å². The zero-order chi connectivity index (χ0) is 21.4. The molecule has 0 unspecified atom stereocenters. The number of hydrogen-bond donors (Lipinski definition) is 3. The predicted octanol–water partition coefficient (Wildman–Crippen LogP) is 3.98. The molecule has 4 aromatic rings. The van der Waals surface area contributed by atoms with Crippen molar-refractivity contribution in [1.82, 2.24) is 10.3 Å². The van der Waals surface area contributed by atoms with E-state index in [0.29, 0.717) is 23.9 Å². The van der Waals surface area contributed by atoms with Crippen LogP contribution < -0.4 is 10.9 Å². The van der Waals surface area contributed by atoms with Crippen LogP contribution in [-0.2, 0) is 17.6 Å². The average molecular weight is 429 g/mol. The Balaban J connectivity index is 1.47. The highest BCUT2D eigenvalue weighted by Gasteiger charge is 2.16. The summed E-state index contributed by atoms with van der Waals surface area (Å²) in [4.78, 5) is 27.8. The second-order valence-corrected chi connectivity index (χ2v) is 7.48. The lowest BCUT2D eigenvalue weighted by Gasteiger charge is -2.09. The Morgan fingerprint density at radius 3 is 2.87 bits per heavy atom. The minimum Gasteiger partial charge on any atom is -0.506 e. The molecule has 0 saturated carbocycles. The third-order valence-corrected chi connectivity index (χ3v) is 5.44.